The number of benzene rings is 1. The third kappa shape index (κ3) is 4.42. The molecule has 0 saturated carbocycles. The molecule has 1 aromatic carbocycles. The van der Waals surface area contributed by atoms with Crippen LogP contribution in [0.2, 0.25) is 0 Å². The summed E-state index contributed by atoms with van der Waals surface area (Å²) in [5.41, 5.74) is 1.25. The molecule has 3 rings (SSSR count). The highest BCUT2D eigenvalue weighted by Crippen LogP contribution is 2.28. The minimum absolute atomic E-state index is 0.110. The minimum Gasteiger partial charge on any atom is -0.469 e. The molecule has 0 saturated heterocycles. The average molecular weight is 450 g/mol. The number of aryl methyl sites for hydroxylation is 1. The van der Waals surface area contributed by atoms with Gasteiger partial charge in [0.2, 0.25) is 15.9 Å². The van der Waals surface area contributed by atoms with Crippen molar-refractivity contribution in [2.75, 3.05) is 19.4 Å². The Hall–Kier alpha value is -2.63. The number of sulfonamides is 1. The van der Waals surface area contributed by atoms with Crippen LogP contribution in [-0.2, 0) is 21.9 Å². The van der Waals surface area contributed by atoms with Gasteiger partial charge in [-0.3, -0.25) is 4.79 Å². The van der Waals surface area contributed by atoms with Crippen LogP contribution < -0.4 is 5.32 Å². The number of furan rings is 1. The number of carbonyl (C=O) groups is 1. The summed E-state index contributed by atoms with van der Waals surface area (Å²) in [5.74, 6) is 1.11. The van der Waals surface area contributed by atoms with Crippen molar-refractivity contribution in [1.82, 2.24) is 19.1 Å². The second-order valence-corrected chi connectivity index (χ2v) is 10.3. The van der Waals surface area contributed by atoms with Crippen LogP contribution in [0, 0.1) is 6.92 Å². The number of hydrogen-bond donors (Lipinski definition) is 1. The van der Waals surface area contributed by atoms with E-state index in [4.69, 9.17) is 4.42 Å². The Morgan fingerprint density at radius 2 is 2.00 bits per heavy atom. The van der Waals surface area contributed by atoms with Crippen molar-refractivity contribution in [3.63, 3.8) is 0 Å². The monoisotopic (exact) mass is 449 g/mol. The Bertz CT molecular complexity index is 1170. The fourth-order valence-corrected chi connectivity index (χ4v) is 4.43. The van der Waals surface area contributed by atoms with E-state index in [1.165, 1.54) is 38.0 Å². The third-order valence-corrected chi connectivity index (χ3v) is 7.41. The highest BCUT2D eigenvalue weighted by Gasteiger charge is 2.22. The summed E-state index contributed by atoms with van der Waals surface area (Å²) in [6.45, 7) is 3.59. The fourth-order valence-electron chi connectivity index (χ4n) is 2.67. The maximum Gasteiger partial charge on any atom is 0.242 e. The Morgan fingerprint density at radius 3 is 2.63 bits per heavy atom. The number of anilines is 1. The maximum atomic E-state index is 12.6. The molecule has 30 heavy (non-hydrogen) atoms. The van der Waals surface area contributed by atoms with Gasteiger partial charge in [0.1, 0.15) is 5.76 Å². The first-order valence-corrected chi connectivity index (χ1v) is 11.4. The third-order valence-electron chi connectivity index (χ3n) is 4.47. The predicted molar refractivity (Wildman–Crippen MR) is 115 cm³/mol. The van der Waals surface area contributed by atoms with Crippen molar-refractivity contribution in [1.29, 1.82) is 0 Å². The van der Waals surface area contributed by atoms with Gasteiger partial charge in [-0.1, -0.05) is 17.8 Å². The van der Waals surface area contributed by atoms with Gasteiger partial charge in [0, 0.05) is 26.8 Å². The van der Waals surface area contributed by atoms with Gasteiger partial charge < -0.3 is 14.3 Å². The van der Waals surface area contributed by atoms with E-state index in [1.54, 1.807) is 29.9 Å². The number of thioether (sulfide) groups is 1. The van der Waals surface area contributed by atoms with E-state index in [-0.39, 0.29) is 10.8 Å². The number of nitrogens with one attached hydrogen (secondary N) is 1. The molecule has 0 aliphatic rings. The summed E-state index contributed by atoms with van der Waals surface area (Å²) in [6, 6.07) is 7.98. The summed E-state index contributed by atoms with van der Waals surface area (Å²) in [6.07, 6.45) is 1.59. The summed E-state index contributed by atoms with van der Waals surface area (Å²) in [4.78, 5) is 12.8. The fraction of sp³-hybridized carbons (Fsp3) is 0.316. The molecular formula is C19H23N5O4S2. The lowest BCUT2D eigenvalue weighted by atomic mass is 10.2. The van der Waals surface area contributed by atoms with Crippen LogP contribution in [0.4, 0.5) is 5.69 Å². The van der Waals surface area contributed by atoms with E-state index in [0.29, 0.717) is 16.7 Å². The normalized spacial score (nSPS) is 12.9. The SMILES string of the molecule is Cc1occc1-c1nnc(SC(C)C(=O)Nc2cccc(S(=O)(=O)N(C)C)c2)n1C. The van der Waals surface area contributed by atoms with Crippen molar-refractivity contribution in [3.8, 4) is 11.4 Å². The van der Waals surface area contributed by atoms with Crippen LogP contribution in [0.1, 0.15) is 12.7 Å². The van der Waals surface area contributed by atoms with E-state index in [1.807, 2.05) is 20.0 Å². The molecule has 0 aliphatic heterocycles. The summed E-state index contributed by atoms with van der Waals surface area (Å²) in [5, 5.41) is 11.2. The van der Waals surface area contributed by atoms with Crippen LogP contribution in [-0.4, -0.2) is 52.7 Å². The molecule has 0 spiro atoms. The number of hydrogen-bond acceptors (Lipinski definition) is 7. The van der Waals surface area contributed by atoms with Gasteiger partial charge in [-0.25, -0.2) is 12.7 Å². The number of nitrogens with zero attached hydrogens (tertiary/aromatic N) is 4. The number of amides is 1. The Morgan fingerprint density at radius 1 is 1.27 bits per heavy atom. The average Bonchev–Trinajstić information content (AvgIpc) is 3.27. The lowest BCUT2D eigenvalue weighted by molar-refractivity contribution is -0.115. The lowest BCUT2D eigenvalue weighted by Gasteiger charge is -2.14. The van der Waals surface area contributed by atoms with Crippen molar-refractivity contribution < 1.29 is 17.6 Å². The molecule has 1 atom stereocenters. The van der Waals surface area contributed by atoms with Crippen molar-refractivity contribution >= 4 is 33.4 Å². The zero-order chi connectivity index (χ0) is 22.1. The molecule has 11 heteroatoms. The molecule has 0 aliphatic carbocycles. The van der Waals surface area contributed by atoms with Gasteiger partial charge in [-0.15, -0.1) is 10.2 Å². The molecule has 1 unspecified atom stereocenters. The maximum absolute atomic E-state index is 12.6. The smallest absolute Gasteiger partial charge is 0.242 e. The molecule has 2 aromatic heterocycles. The van der Waals surface area contributed by atoms with E-state index in [9.17, 15) is 13.2 Å². The molecule has 0 bridgehead atoms. The summed E-state index contributed by atoms with van der Waals surface area (Å²) < 4.78 is 32.8. The first-order valence-electron chi connectivity index (χ1n) is 9.05. The molecule has 2 heterocycles. The molecule has 1 amide bonds. The summed E-state index contributed by atoms with van der Waals surface area (Å²) in [7, 11) is 1.15. The zero-order valence-corrected chi connectivity index (χ0v) is 18.9. The number of rotatable bonds is 7. The van der Waals surface area contributed by atoms with Crippen LogP contribution >= 0.6 is 11.8 Å². The van der Waals surface area contributed by atoms with Crippen molar-refractivity contribution in [2.45, 2.75) is 29.1 Å². The minimum atomic E-state index is -3.58. The van der Waals surface area contributed by atoms with E-state index in [0.717, 1.165) is 15.6 Å². The van der Waals surface area contributed by atoms with Crippen molar-refractivity contribution in [3.05, 3.63) is 42.4 Å². The first kappa shape index (κ1) is 22.1. The van der Waals surface area contributed by atoms with Crippen LogP contribution in [0.3, 0.4) is 0 Å². The van der Waals surface area contributed by atoms with E-state index in [2.05, 4.69) is 15.5 Å². The Balaban J connectivity index is 1.72. The molecule has 3 aromatic rings. The highest BCUT2D eigenvalue weighted by molar-refractivity contribution is 8.00. The van der Waals surface area contributed by atoms with Gasteiger partial charge >= 0.3 is 0 Å². The second-order valence-electron chi connectivity index (χ2n) is 6.82. The predicted octanol–water partition coefficient (Wildman–Crippen LogP) is 2.75. The van der Waals surface area contributed by atoms with E-state index >= 15 is 0 Å². The molecule has 0 radical (unpaired) electrons. The van der Waals surface area contributed by atoms with Crippen LogP contribution in [0.5, 0.6) is 0 Å². The topological polar surface area (TPSA) is 110 Å². The Labute approximate surface area is 179 Å². The van der Waals surface area contributed by atoms with E-state index < -0.39 is 15.3 Å². The largest absolute Gasteiger partial charge is 0.469 e. The standard InChI is InChI=1S/C19H23N5O4S2/c1-12-16(9-10-28-12)17-21-22-19(24(17)5)29-13(2)18(25)20-14-7-6-8-15(11-14)30(26,27)23(3)4/h6-11,13H,1-5H3,(H,20,25). The molecule has 1 N–H and O–H groups in total. The quantitative estimate of drug-likeness (QED) is 0.552. The second kappa shape index (κ2) is 8.62. The van der Waals surface area contributed by atoms with Crippen LogP contribution in [0.25, 0.3) is 11.4 Å². The number of aromatic nitrogens is 3. The van der Waals surface area contributed by atoms with Crippen molar-refractivity contribution in [2.24, 2.45) is 7.05 Å². The Kier molecular flexibility index (Phi) is 6.34. The molecule has 0 fully saturated rings. The van der Waals surface area contributed by atoms with Gasteiger partial charge in [-0.05, 0) is 38.1 Å². The number of carbonyl (C=O) groups excluding carboxylic acids is 1. The van der Waals surface area contributed by atoms with Gasteiger partial charge in [0.05, 0.1) is 22.0 Å². The zero-order valence-electron chi connectivity index (χ0n) is 17.3. The molecule has 160 valence electrons. The highest BCUT2D eigenvalue weighted by atomic mass is 32.2. The first-order chi connectivity index (χ1) is 14.1. The lowest BCUT2D eigenvalue weighted by Crippen LogP contribution is -2.24. The van der Waals surface area contributed by atoms with Gasteiger partial charge in [0.15, 0.2) is 11.0 Å². The molecule has 9 nitrogen and oxygen atoms in total. The molecular weight excluding hydrogens is 426 g/mol. The summed E-state index contributed by atoms with van der Waals surface area (Å²) >= 11 is 1.26. The van der Waals surface area contributed by atoms with Gasteiger partial charge in [0.25, 0.3) is 0 Å². The van der Waals surface area contributed by atoms with Gasteiger partial charge in [-0.2, -0.15) is 0 Å². The van der Waals surface area contributed by atoms with Crippen LogP contribution in [0.15, 0.2) is 51.1 Å².